The Kier molecular flexibility index (Phi) is 4.10. The van der Waals surface area contributed by atoms with Crippen molar-refractivity contribution in [3.05, 3.63) is 23.0 Å². The third-order valence-electron chi connectivity index (χ3n) is 4.37. The third kappa shape index (κ3) is 2.49. The Hall–Kier alpha value is -1.29. The van der Waals surface area contributed by atoms with Crippen LogP contribution in [0.5, 0.6) is 5.75 Å². The molecule has 0 atom stereocenters. The number of aromatic nitrogens is 2. The molecule has 20 heavy (non-hydrogen) atoms. The topological polar surface area (TPSA) is 29.9 Å². The average Bonchev–Trinajstić information content (AvgIpc) is 2.75. The first-order valence-electron chi connectivity index (χ1n) is 7.58. The van der Waals surface area contributed by atoms with Crippen LogP contribution in [-0.2, 0) is 0 Å². The number of hydrogen-bond donors (Lipinski definition) is 1. The van der Waals surface area contributed by atoms with Gasteiger partial charge in [0.2, 0.25) is 0 Å². The highest BCUT2D eigenvalue weighted by Crippen LogP contribution is 2.32. The molecule has 0 saturated heterocycles. The minimum absolute atomic E-state index is 0.531. The Labute approximate surface area is 125 Å². The molecule has 1 saturated carbocycles. The van der Waals surface area contributed by atoms with Gasteiger partial charge in [0, 0.05) is 6.04 Å². The van der Waals surface area contributed by atoms with Crippen molar-refractivity contribution < 1.29 is 4.74 Å². The van der Waals surface area contributed by atoms with Gasteiger partial charge in [-0.3, -0.25) is 0 Å². The number of H-pyrrole nitrogens is 1. The van der Waals surface area contributed by atoms with Crippen LogP contribution >= 0.6 is 12.2 Å². The van der Waals surface area contributed by atoms with Crippen LogP contribution in [0.3, 0.4) is 0 Å². The number of methoxy groups -OCH3 is 1. The maximum Gasteiger partial charge on any atom is 0.178 e. The maximum atomic E-state index is 5.57. The normalized spacial score (nSPS) is 17.9. The van der Waals surface area contributed by atoms with Crippen LogP contribution in [-0.4, -0.2) is 16.7 Å². The van der Waals surface area contributed by atoms with Gasteiger partial charge in [-0.1, -0.05) is 38.2 Å². The molecular formula is C16H22N2OS. The first-order valence-corrected chi connectivity index (χ1v) is 7.99. The van der Waals surface area contributed by atoms with Gasteiger partial charge in [0.05, 0.1) is 12.6 Å². The fourth-order valence-corrected chi connectivity index (χ4v) is 3.70. The lowest BCUT2D eigenvalue weighted by molar-refractivity contribution is 0.376. The molecule has 1 aliphatic rings. The minimum atomic E-state index is 0.531. The molecule has 108 valence electrons. The zero-order valence-corrected chi connectivity index (χ0v) is 12.8. The maximum absolute atomic E-state index is 5.57. The van der Waals surface area contributed by atoms with Gasteiger partial charge in [0.15, 0.2) is 4.77 Å². The van der Waals surface area contributed by atoms with Gasteiger partial charge in [-0.25, -0.2) is 0 Å². The number of imidazole rings is 1. The summed E-state index contributed by atoms with van der Waals surface area (Å²) < 4.78 is 8.58. The highest BCUT2D eigenvalue weighted by molar-refractivity contribution is 7.71. The van der Waals surface area contributed by atoms with Gasteiger partial charge in [0.25, 0.3) is 0 Å². The molecule has 3 nitrogen and oxygen atoms in total. The zero-order chi connectivity index (χ0) is 13.9. The molecule has 0 unspecified atom stereocenters. The molecule has 0 amide bonds. The number of rotatable bonds is 2. The molecule has 1 aromatic heterocycles. The molecule has 3 rings (SSSR count). The summed E-state index contributed by atoms with van der Waals surface area (Å²) in [5, 5.41) is 0. The molecule has 0 bridgehead atoms. The molecule has 1 aliphatic carbocycles. The Bertz CT molecular complexity index is 635. The lowest BCUT2D eigenvalue weighted by Gasteiger charge is -2.22. The fraction of sp³-hybridized carbons (Fsp3) is 0.562. The van der Waals surface area contributed by atoms with E-state index in [1.54, 1.807) is 7.11 Å². The standard InChI is InChI=1S/C16H22N2OS/c1-19-14-11-7-10-13-15(14)17-16(20)18(13)12-8-5-3-2-4-6-9-12/h7,10-12H,2-6,8-9H2,1H3,(H,17,20). The Balaban J connectivity index is 2.05. The second kappa shape index (κ2) is 6.00. The monoisotopic (exact) mass is 290 g/mol. The van der Waals surface area contributed by atoms with Gasteiger partial charge < -0.3 is 14.3 Å². The molecule has 1 fully saturated rings. The zero-order valence-electron chi connectivity index (χ0n) is 12.0. The van der Waals surface area contributed by atoms with Crippen molar-refractivity contribution in [3.8, 4) is 5.75 Å². The second-order valence-corrected chi connectivity index (χ2v) is 6.04. The number of aromatic amines is 1. The van der Waals surface area contributed by atoms with Crippen molar-refractivity contribution in [3.63, 3.8) is 0 Å². The van der Waals surface area contributed by atoms with Crippen molar-refractivity contribution in [1.82, 2.24) is 9.55 Å². The van der Waals surface area contributed by atoms with Gasteiger partial charge in [0.1, 0.15) is 11.3 Å². The van der Waals surface area contributed by atoms with E-state index < -0.39 is 0 Å². The predicted molar refractivity (Wildman–Crippen MR) is 85.0 cm³/mol. The third-order valence-corrected chi connectivity index (χ3v) is 4.67. The molecule has 4 heteroatoms. The van der Waals surface area contributed by atoms with Crippen LogP contribution in [0.2, 0.25) is 0 Å². The molecule has 0 aliphatic heterocycles. The van der Waals surface area contributed by atoms with E-state index in [-0.39, 0.29) is 0 Å². The lowest BCUT2D eigenvalue weighted by Crippen LogP contribution is -2.11. The number of nitrogens with zero attached hydrogens (tertiary/aromatic N) is 1. The lowest BCUT2D eigenvalue weighted by atomic mass is 9.96. The van der Waals surface area contributed by atoms with Crippen LogP contribution < -0.4 is 4.74 Å². The molecule has 1 aromatic carbocycles. The van der Waals surface area contributed by atoms with Crippen molar-refractivity contribution in [2.24, 2.45) is 0 Å². The SMILES string of the molecule is COc1cccc2c1[nH]c(=S)n2C1CCCCCCC1. The van der Waals surface area contributed by atoms with Crippen LogP contribution in [0, 0.1) is 4.77 Å². The van der Waals surface area contributed by atoms with Crippen molar-refractivity contribution >= 4 is 23.3 Å². The van der Waals surface area contributed by atoms with Gasteiger partial charge >= 0.3 is 0 Å². The highest BCUT2D eigenvalue weighted by Gasteiger charge is 2.18. The van der Waals surface area contributed by atoms with E-state index in [0.29, 0.717) is 6.04 Å². The number of para-hydroxylation sites is 1. The number of benzene rings is 1. The summed E-state index contributed by atoms with van der Waals surface area (Å²) in [6, 6.07) is 6.70. The summed E-state index contributed by atoms with van der Waals surface area (Å²) in [6.45, 7) is 0. The van der Waals surface area contributed by atoms with Gasteiger partial charge in [-0.15, -0.1) is 0 Å². The molecular weight excluding hydrogens is 268 g/mol. The number of nitrogens with one attached hydrogen (secondary N) is 1. The highest BCUT2D eigenvalue weighted by atomic mass is 32.1. The van der Waals surface area contributed by atoms with E-state index in [9.17, 15) is 0 Å². The smallest absolute Gasteiger partial charge is 0.178 e. The summed E-state index contributed by atoms with van der Waals surface area (Å²) in [7, 11) is 1.71. The largest absolute Gasteiger partial charge is 0.494 e. The summed E-state index contributed by atoms with van der Waals surface area (Å²) >= 11 is 5.57. The fourth-order valence-electron chi connectivity index (χ4n) is 3.35. The van der Waals surface area contributed by atoms with Gasteiger partial charge in [-0.05, 0) is 37.2 Å². The van der Waals surface area contributed by atoms with E-state index in [0.717, 1.165) is 16.0 Å². The molecule has 0 spiro atoms. The number of ether oxygens (including phenoxy) is 1. The van der Waals surface area contributed by atoms with E-state index in [1.165, 1.54) is 50.5 Å². The van der Waals surface area contributed by atoms with Gasteiger partial charge in [-0.2, -0.15) is 0 Å². The van der Waals surface area contributed by atoms with Crippen LogP contribution in [0.25, 0.3) is 11.0 Å². The Morgan fingerprint density at radius 1 is 1.15 bits per heavy atom. The second-order valence-electron chi connectivity index (χ2n) is 5.65. The van der Waals surface area contributed by atoms with E-state index in [2.05, 4.69) is 15.6 Å². The molecule has 0 radical (unpaired) electrons. The summed E-state index contributed by atoms with van der Waals surface area (Å²) in [6.07, 6.45) is 9.19. The van der Waals surface area contributed by atoms with E-state index >= 15 is 0 Å². The van der Waals surface area contributed by atoms with Crippen molar-refractivity contribution in [2.75, 3.05) is 7.11 Å². The summed E-state index contributed by atoms with van der Waals surface area (Å²) in [5.74, 6) is 0.873. The van der Waals surface area contributed by atoms with E-state index in [4.69, 9.17) is 17.0 Å². The molecule has 1 heterocycles. The van der Waals surface area contributed by atoms with Crippen LogP contribution in [0.4, 0.5) is 0 Å². The average molecular weight is 290 g/mol. The number of hydrogen-bond acceptors (Lipinski definition) is 2. The quantitative estimate of drug-likeness (QED) is 0.789. The predicted octanol–water partition coefficient (Wildman–Crippen LogP) is 4.99. The number of fused-ring (bicyclic) bond motifs is 1. The molecule has 1 N–H and O–H groups in total. The van der Waals surface area contributed by atoms with Crippen molar-refractivity contribution in [2.45, 2.75) is 51.0 Å². The first kappa shape index (κ1) is 13.7. The first-order chi connectivity index (χ1) is 9.81. The van der Waals surface area contributed by atoms with Crippen molar-refractivity contribution in [1.29, 1.82) is 0 Å². The van der Waals surface area contributed by atoms with E-state index in [1.807, 2.05) is 12.1 Å². The van der Waals surface area contributed by atoms with Crippen LogP contribution in [0.15, 0.2) is 18.2 Å². The van der Waals surface area contributed by atoms with Crippen LogP contribution in [0.1, 0.15) is 51.0 Å². The summed E-state index contributed by atoms with van der Waals surface area (Å²) in [4.78, 5) is 3.33. The minimum Gasteiger partial charge on any atom is -0.494 e. The Morgan fingerprint density at radius 2 is 1.85 bits per heavy atom. The molecule has 2 aromatic rings. The Morgan fingerprint density at radius 3 is 2.55 bits per heavy atom. The summed E-state index contributed by atoms with van der Waals surface area (Å²) in [5.41, 5.74) is 2.21.